The number of hydrogen-bond acceptors (Lipinski definition) is 4. The highest BCUT2D eigenvalue weighted by Crippen LogP contribution is 2.68. The fourth-order valence-electron chi connectivity index (χ4n) is 10.0. The lowest BCUT2D eigenvalue weighted by Crippen LogP contribution is -2.58. The molecular weight excluding hydrogens is 444 g/mol. The zero-order valence-corrected chi connectivity index (χ0v) is 22.8. The Labute approximate surface area is 217 Å². The topological polar surface area (TPSA) is 66.2 Å². The molecule has 4 aliphatic carbocycles. The number of aryl methyl sites for hydroxylation is 2. The monoisotopic (exact) mass is 490 g/mol. The van der Waals surface area contributed by atoms with Gasteiger partial charge in [0.2, 0.25) is 0 Å². The summed E-state index contributed by atoms with van der Waals surface area (Å²) >= 11 is 0. The summed E-state index contributed by atoms with van der Waals surface area (Å²) < 4.78 is 0. The summed E-state index contributed by atoms with van der Waals surface area (Å²) in [6.45, 7) is 9.49. The minimum atomic E-state index is -0.207. The van der Waals surface area contributed by atoms with Crippen LogP contribution in [-0.4, -0.2) is 32.4 Å². The molecule has 10 atom stereocenters. The number of benzene rings is 1. The number of aliphatic hydroxyl groups is 2. The molecule has 196 valence electrons. The van der Waals surface area contributed by atoms with E-state index in [0.29, 0.717) is 35.0 Å². The van der Waals surface area contributed by atoms with Gasteiger partial charge < -0.3 is 10.2 Å². The number of rotatable bonds is 4. The predicted octanol–water partition coefficient (Wildman–Crippen LogP) is 6.50. The van der Waals surface area contributed by atoms with Gasteiger partial charge in [-0.1, -0.05) is 32.9 Å². The lowest BCUT2D eigenvalue weighted by Gasteiger charge is -2.62. The van der Waals surface area contributed by atoms with Crippen molar-refractivity contribution in [1.82, 2.24) is 9.97 Å². The fraction of sp³-hybridized carbons (Fsp3) is 0.750. The summed E-state index contributed by atoms with van der Waals surface area (Å²) in [5, 5.41) is 23.3. The Hall–Kier alpha value is -1.52. The van der Waals surface area contributed by atoms with E-state index in [1.807, 2.05) is 6.20 Å². The number of hydrogen-bond donors (Lipinski definition) is 2. The summed E-state index contributed by atoms with van der Waals surface area (Å²) in [4.78, 5) is 9.55. The van der Waals surface area contributed by atoms with Crippen LogP contribution in [0.2, 0.25) is 0 Å². The molecule has 0 saturated heterocycles. The molecule has 1 unspecified atom stereocenters. The summed E-state index contributed by atoms with van der Waals surface area (Å²) in [6, 6.07) is 6.39. The van der Waals surface area contributed by atoms with E-state index in [4.69, 9.17) is 4.98 Å². The van der Waals surface area contributed by atoms with Crippen LogP contribution in [0.4, 0.5) is 0 Å². The predicted molar refractivity (Wildman–Crippen MR) is 144 cm³/mol. The molecule has 0 spiro atoms. The largest absolute Gasteiger partial charge is 0.393 e. The Balaban J connectivity index is 1.18. The summed E-state index contributed by atoms with van der Waals surface area (Å²) in [5.74, 6) is 4.73. The Morgan fingerprint density at radius 3 is 2.69 bits per heavy atom. The van der Waals surface area contributed by atoms with Crippen LogP contribution in [-0.2, 0) is 6.42 Å². The first-order chi connectivity index (χ1) is 17.2. The molecule has 0 radical (unpaired) electrons. The molecule has 0 amide bonds. The van der Waals surface area contributed by atoms with Crippen molar-refractivity contribution in [2.24, 2.45) is 46.3 Å². The van der Waals surface area contributed by atoms with Gasteiger partial charge in [0.15, 0.2) is 0 Å². The molecule has 1 aromatic heterocycles. The first-order valence-electron chi connectivity index (χ1n) is 14.8. The zero-order valence-electron chi connectivity index (χ0n) is 22.8. The first kappa shape index (κ1) is 24.8. The van der Waals surface area contributed by atoms with Crippen molar-refractivity contribution in [3.05, 3.63) is 35.8 Å². The first-order valence-corrected chi connectivity index (χ1v) is 14.8. The van der Waals surface area contributed by atoms with Gasteiger partial charge in [-0.05, 0) is 123 Å². The number of nitrogens with zero attached hydrogens (tertiary/aromatic N) is 2. The van der Waals surface area contributed by atoms with E-state index in [-0.39, 0.29) is 17.6 Å². The Morgan fingerprint density at radius 2 is 1.86 bits per heavy atom. The Kier molecular flexibility index (Phi) is 6.23. The Bertz CT molecular complexity index is 1120. The molecule has 2 aromatic rings. The van der Waals surface area contributed by atoms with Crippen LogP contribution in [0.15, 0.2) is 24.4 Å². The van der Waals surface area contributed by atoms with Crippen molar-refractivity contribution in [1.29, 1.82) is 0 Å². The van der Waals surface area contributed by atoms with Gasteiger partial charge in [0.25, 0.3) is 0 Å². The maximum absolute atomic E-state index is 11.8. The van der Waals surface area contributed by atoms with E-state index >= 15 is 0 Å². The van der Waals surface area contributed by atoms with Crippen LogP contribution in [0.3, 0.4) is 0 Å². The van der Waals surface area contributed by atoms with Crippen LogP contribution in [0.25, 0.3) is 10.9 Å². The van der Waals surface area contributed by atoms with Gasteiger partial charge in [-0.25, -0.2) is 9.97 Å². The average Bonchev–Trinajstić information content (AvgIpc) is 3.22. The van der Waals surface area contributed by atoms with Crippen molar-refractivity contribution in [3.8, 4) is 0 Å². The molecule has 4 nitrogen and oxygen atoms in total. The molecule has 4 aliphatic rings. The summed E-state index contributed by atoms with van der Waals surface area (Å²) in [5.41, 5.74) is 2.62. The van der Waals surface area contributed by atoms with Gasteiger partial charge in [0.05, 0.1) is 17.7 Å². The van der Waals surface area contributed by atoms with E-state index < -0.39 is 0 Å². The standard InChI is InChI=1S/C32H46N2O2/c1-19-5-7-21-18-33-30(34-28(21)15-19)12-6-20(2)25-10-11-26-24-9-8-22-16-23(35)13-14-31(22,3)27(24)17-29(36)32(25,26)4/h5,7,15,18,20,22-27,29,35-36H,6,8-14,16-17H2,1-4H3/t20-,22-,23-,24+,25-,26+,27?,29+,31+,32-/m1/s1. The Morgan fingerprint density at radius 1 is 1.03 bits per heavy atom. The SMILES string of the molecule is Cc1ccc2cnc(CC[C@@H](C)[C@H]3CC[C@H]4[C@@H]5CC[C@@H]6C[C@H](O)CC[C@]6(C)C5C[C@H](O)[C@]34C)nc2c1. The molecule has 4 heteroatoms. The second-order valence-electron chi connectivity index (χ2n) is 13.8. The van der Waals surface area contributed by atoms with Crippen molar-refractivity contribution in [2.75, 3.05) is 0 Å². The van der Waals surface area contributed by atoms with Crippen LogP contribution >= 0.6 is 0 Å². The van der Waals surface area contributed by atoms with Gasteiger partial charge >= 0.3 is 0 Å². The second-order valence-corrected chi connectivity index (χ2v) is 13.8. The van der Waals surface area contributed by atoms with E-state index in [1.165, 1.54) is 31.2 Å². The van der Waals surface area contributed by atoms with Gasteiger partial charge in [-0.15, -0.1) is 0 Å². The molecule has 6 rings (SSSR count). The minimum absolute atomic E-state index is 0.0271. The van der Waals surface area contributed by atoms with Crippen LogP contribution in [0.5, 0.6) is 0 Å². The van der Waals surface area contributed by atoms with Crippen molar-refractivity contribution < 1.29 is 10.2 Å². The fourth-order valence-corrected chi connectivity index (χ4v) is 10.0. The van der Waals surface area contributed by atoms with Gasteiger partial charge in [-0.3, -0.25) is 0 Å². The van der Waals surface area contributed by atoms with E-state index in [9.17, 15) is 10.2 Å². The highest BCUT2D eigenvalue weighted by Gasteiger charge is 2.63. The zero-order chi connectivity index (χ0) is 25.2. The molecule has 36 heavy (non-hydrogen) atoms. The smallest absolute Gasteiger partial charge is 0.128 e. The molecule has 0 aliphatic heterocycles. The van der Waals surface area contributed by atoms with E-state index in [1.54, 1.807) is 0 Å². The molecule has 0 bridgehead atoms. The van der Waals surface area contributed by atoms with Crippen LogP contribution < -0.4 is 0 Å². The second kappa shape index (κ2) is 9.05. The quantitative estimate of drug-likeness (QED) is 0.513. The van der Waals surface area contributed by atoms with Gasteiger partial charge in [0.1, 0.15) is 5.82 Å². The van der Waals surface area contributed by atoms with E-state index in [2.05, 4.69) is 50.9 Å². The number of aliphatic hydroxyl groups excluding tert-OH is 2. The minimum Gasteiger partial charge on any atom is -0.393 e. The molecule has 2 N–H and O–H groups in total. The summed E-state index contributed by atoms with van der Waals surface area (Å²) in [6.07, 6.45) is 12.8. The number of fused-ring (bicyclic) bond motifs is 6. The van der Waals surface area contributed by atoms with Crippen molar-refractivity contribution in [2.45, 2.75) is 104 Å². The maximum atomic E-state index is 11.8. The lowest BCUT2D eigenvalue weighted by atomic mass is 9.43. The third-order valence-corrected chi connectivity index (χ3v) is 12.1. The van der Waals surface area contributed by atoms with Crippen LogP contribution in [0, 0.1) is 53.3 Å². The molecule has 1 aromatic carbocycles. The molecule has 1 heterocycles. The van der Waals surface area contributed by atoms with Crippen LogP contribution in [0.1, 0.15) is 89.9 Å². The molecular formula is C32H46N2O2. The van der Waals surface area contributed by atoms with Gasteiger partial charge in [-0.2, -0.15) is 0 Å². The normalized spacial score (nSPS) is 43.0. The lowest BCUT2D eigenvalue weighted by molar-refractivity contribution is -0.174. The molecule has 4 fully saturated rings. The highest BCUT2D eigenvalue weighted by atomic mass is 16.3. The summed E-state index contributed by atoms with van der Waals surface area (Å²) in [7, 11) is 0. The van der Waals surface area contributed by atoms with Crippen molar-refractivity contribution >= 4 is 10.9 Å². The third-order valence-electron chi connectivity index (χ3n) is 12.1. The number of aromatic nitrogens is 2. The third kappa shape index (κ3) is 3.85. The van der Waals surface area contributed by atoms with E-state index in [0.717, 1.165) is 61.2 Å². The highest BCUT2D eigenvalue weighted by molar-refractivity contribution is 5.78. The maximum Gasteiger partial charge on any atom is 0.128 e. The average molecular weight is 491 g/mol. The van der Waals surface area contributed by atoms with Crippen molar-refractivity contribution in [3.63, 3.8) is 0 Å². The van der Waals surface area contributed by atoms with Gasteiger partial charge in [0, 0.05) is 18.0 Å². The molecule has 4 saturated carbocycles.